The molecular weight excluding hydrogens is 511 g/mol. The van der Waals surface area contributed by atoms with E-state index in [1.807, 2.05) is 27.7 Å². The molecule has 206 valence electrons. The van der Waals surface area contributed by atoms with Crippen LogP contribution in [0.25, 0.3) is 11.3 Å². The third-order valence-corrected chi connectivity index (χ3v) is 5.22. The number of hydrogen-bond acceptors (Lipinski definition) is 6. The Morgan fingerprint density at radius 3 is 2.49 bits per heavy atom. The minimum Gasteiger partial charge on any atom is -0.486 e. The van der Waals surface area contributed by atoms with Gasteiger partial charge in [0.2, 0.25) is 0 Å². The molecule has 1 unspecified atom stereocenters. The normalized spacial score (nSPS) is 15.6. The van der Waals surface area contributed by atoms with E-state index in [0.717, 1.165) is 10.7 Å². The summed E-state index contributed by atoms with van der Waals surface area (Å²) in [6, 6.07) is 9.17. The molecule has 8 nitrogen and oxygen atoms in total. The van der Waals surface area contributed by atoms with Crippen molar-refractivity contribution in [1.82, 2.24) is 14.8 Å². The molecule has 1 aromatic carbocycles. The molecule has 1 N–H and O–H groups in total. The van der Waals surface area contributed by atoms with E-state index >= 15 is 0 Å². The number of carbonyl (C=O) groups is 1. The quantitative estimate of drug-likeness (QED) is 0.408. The van der Waals surface area contributed by atoms with Crippen molar-refractivity contribution >= 4 is 17.8 Å². The number of nitrogens with one attached hydrogen (secondary N) is 1. The van der Waals surface area contributed by atoms with Gasteiger partial charge in [0, 0.05) is 35.9 Å². The minimum absolute atomic E-state index is 0.114. The van der Waals surface area contributed by atoms with Crippen molar-refractivity contribution in [3.8, 4) is 22.8 Å². The van der Waals surface area contributed by atoms with E-state index in [2.05, 4.69) is 20.4 Å². The number of nitrogens with zero attached hydrogens (tertiary/aromatic N) is 4. The Bertz CT molecular complexity index is 1350. The highest BCUT2D eigenvalue weighted by molar-refractivity contribution is 6.18. The van der Waals surface area contributed by atoms with Gasteiger partial charge in [-0.15, -0.1) is 0 Å². The molecule has 2 aliphatic heterocycles. The number of hydrogen-bond donors (Lipinski definition) is 1. The number of aromatic nitrogens is 3. The lowest BCUT2D eigenvalue weighted by molar-refractivity contribution is -0.144. The third-order valence-electron chi connectivity index (χ3n) is 5.22. The summed E-state index contributed by atoms with van der Waals surface area (Å²) >= 11 is 0. The van der Waals surface area contributed by atoms with Crippen LogP contribution in [-0.4, -0.2) is 40.1 Å². The summed E-state index contributed by atoms with van der Waals surface area (Å²) in [7, 11) is 0. The van der Waals surface area contributed by atoms with E-state index in [1.54, 1.807) is 30.3 Å². The highest BCUT2D eigenvalue weighted by Crippen LogP contribution is 2.35. The van der Waals surface area contributed by atoms with E-state index in [4.69, 9.17) is 9.47 Å². The van der Waals surface area contributed by atoms with E-state index in [0.29, 0.717) is 36.0 Å². The second-order valence-electron chi connectivity index (χ2n) is 7.61. The molecule has 0 fully saturated rings. The van der Waals surface area contributed by atoms with E-state index < -0.39 is 23.9 Å². The number of benzene rings is 1. The van der Waals surface area contributed by atoms with Crippen LogP contribution in [0.3, 0.4) is 0 Å². The van der Waals surface area contributed by atoms with E-state index in [-0.39, 0.29) is 11.3 Å². The zero-order valence-electron chi connectivity index (χ0n) is 22.1. The Balaban J connectivity index is 0.00000100. The molecule has 4 heterocycles. The molecule has 0 bridgehead atoms. The van der Waals surface area contributed by atoms with Crippen LogP contribution in [0.5, 0.6) is 11.5 Å². The van der Waals surface area contributed by atoms with Gasteiger partial charge < -0.3 is 14.8 Å². The van der Waals surface area contributed by atoms with Gasteiger partial charge in [0.1, 0.15) is 18.9 Å². The Morgan fingerprint density at radius 2 is 1.79 bits per heavy atom. The van der Waals surface area contributed by atoms with Gasteiger partial charge in [-0.2, -0.15) is 18.3 Å². The molecule has 2 aromatic heterocycles. The largest absolute Gasteiger partial charge is 0.486 e. The molecule has 1 atom stereocenters. The number of rotatable bonds is 4. The molecule has 39 heavy (non-hydrogen) atoms. The van der Waals surface area contributed by atoms with Gasteiger partial charge in [0.25, 0.3) is 5.91 Å². The summed E-state index contributed by atoms with van der Waals surface area (Å²) in [5, 5.41) is 6.86. The summed E-state index contributed by atoms with van der Waals surface area (Å²) in [4.78, 5) is 20.9. The molecule has 2 aliphatic rings. The zero-order chi connectivity index (χ0) is 28.4. The number of allylic oxidation sites excluding steroid dienone is 2. The number of halogens is 3. The lowest BCUT2D eigenvalue weighted by Gasteiger charge is -2.19. The number of carbonyl (C=O) groups excluding carboxylic acids is 1. The first kappa shape index (κ1) is 29.2. The number of pyridine rings is 1. The second kappa shape index (κ2) is 13.4. The average molecular weight is 542 g/mol. The van der Waals surface area contributed by atoms with Gasteiger partial charge in [-0.05, 0) is 42.5 Å². The number of fused-ring (bicyclic) bond motifs is 1. The molecule has 0 radical (unpaired) electrons. The Morgan fingerprint density at radius 1 is 1.05 bits per heavy atom. The van der Waals surface area contributed by atoms with Crippen molar-refractivity contribution in [2.45, 2.75) is 40.0 Å². The van der Waals surface area contributed by atoms with Crippen LogP contribution in [0.1, 0.15) is 39.6 Å². The number of ether oxygens (including phenoxy) is 2. The monoisotopic (exact) mass is 541 g/mol. The SMILES string of the molecule is CC.CC.O=C(Nc1ccc2c(c1)OCCO2)C1=CC=CC(n2nc(-c3cccnc3)cc2C(F)(F)F)N=C1. The van der Waals surface area contributed by atoms with Gasteiger partial charge in [0.15, 0.2) is 17.7 Å². The maximum atomic E-state index is 13.8. The molecule has 3 aromatic rings. The summed E-state index contributed by atoms with van der Waals surface area (Å²) in [6.07, 6.45) is 2.79. The first-order chi connectivity index (χ1) is 18.9. The van der Waals surface area contributed by atoms with Crippen molar-refractivity contribution in [3.05, 3.63) is 78.3 Å². The molecule has 1 amide bonds. The van der Waals surface area contributed by atoms with Crippen molar-refractivity contribution in [1.29, 1.82) is 0 Å². The van der Waals surface area contributed by atoms with Gasteiger partial charge in [-0.3, -0.25) is 14.8 Å². The van der Waals surface area contributed by atoms with Crippen LogP contribution in [0.15, 0.2) is 77.6 Å². The highest BCUT2D eigenvalue weighted by Gasteiger charge is 2.37. The van der Waals surface area contributed by atoms with Gasteiger partial charge in [0.05, 0.1) is 11.3 Å². The van der Waals surface area contributed by atoms with E-state index in [9.17, 15) is 18.0 Å². The number of alkyl halides is 3. The van der Waals surface area contributed by atoms with Crippen molar-refractivity contribution in [2.24, 2.45) is 4.99 Å². The fourth-order valence-electron chi connectivity index (χ4n) is 3.57. The molecule has 0 spiro atoms. The third kappa shape index (κ3) is 7.13. The zero-order valence-corrected chi connectivity index (χ0v) is 22.1. The highest BCUT2D eigenvalue weighted by atomic mass is 19.4. The second-order valence-corrected chi connectivity index (χ2v) is 7.61. The van der Waals surface area contributed by atoms with Gasteiger partial charge >= 0.3 is 6.18 Å². The number of aliphatic imine (C=N–C) groups is 1. The predicted octanol–water partition coefficient (Wildman–Crippen LogP) is 6.49. The number of amides is 1. The van der Waals surface area contributed by atoms with Crippen molar-refractivity contribution < 1.29 is 27.4 Å². The Labute approximate surface area is 224 Å². The van der Waals surface area contributed by atoms with Gasteiger partial charge in [-0.1, -0.05) is 33.8 Å². The predicted molar refractivity (Wildman–Crippen MR) is 144 cm³/mol. The maximum Gasteiger partial charge on any atom is 0.433 e. The fourth-order valence-corrected chi connectivity index (χ4v) is 3.57. The van der Waals surface area contributed by atoms with Crippen LogP contribution in [0.2, 0.25) is 0 Å². The Hall–Kier alpha value is -4.41. The van der Waals surface area contributed by atoms with Crippen LogP contribution >= 0.6 is 0 Å². The van der Waals surface area contributed by atoms with Crippen LogP contribution in [0, 0.1) is 0 Å². The van der Waals surface area contributed by atoms with Crippen molar-refractivity contribution in [3.63, 3.8) is 0 Å². The average Bonchev–Trinajstić information content (AvgIpc) is 3.28. The van der Waals surface area contributed by atoms with Crippen LogP contribution in [-0.2, 0) is 11.0 Å². The molecule has 0 saturated carbocycles. The molecule has 0 saturated heterocycles. The first-order valence-corrected chi connectivity index (χ1v) is 12.6. The standard InChI is InChI=1S/C24H18F3N5O3.2C2H6/c25-24(26,27)21-12-18(15-4-2-8-28-13-15)31-32(21)22-5-1-3-16(14-29-22)23(33)30-17-6-7-19-20(11-17)35-10-9-34-19;2*1-2/h1-8,11-14,22H,9-10H2,(H,30,33);2*1-2H3. The van der Waals surface area contributed by atoms with Crippen LogP contribution in [0.4, 0.5) is 18.9 Å². The lowest BCUT2D eigenvalue weighted by atomic mass is 10.2. The first-order valence-electron chi connectivity index (χ1n) is 12.6. The Kier molecular flexibility index (Phi) is 10.0. The molecule has 0 aliphatic carbocycles. The summed E-state index contributed by atoms with van der Waals surface area (Å²) < 4.78 is 53.0. The minimum atomic E-state index is -4.66. The summed E-state index contributed by atoms with van der Waals surface area (Å²) in [5.74, 6) is 0.615. The summed E-state index contributed by atoms with van der Waals surface area (Å²) in [6.45, 7) is 8.86. The fraction of sp³-hybridized carbons (Fsp3) is 0.286. The maximum absolute atomic E-state index is 13.8. The molecule has 5 rings (SSSR count). The van der Waals surface area contributed by atoms with Gasteiger partial charge in [-0.25, -0.2) is 4.68 Å². The summed E-state index contributed by atoms with van der Waals surface area (Å²) in [5.41, 5.74) is 0.226. The molecular formula is C28H30F3N5O3. The smallest absolute Gasteiger partial charge is 0.433 e. The van der Waals surface area contributed by atoms with E-state index in [1.165, 1.54) is 36.8 Å². The lowest BCUT2D eigenvalue weighted by Crippen LogP contribution is -2.18. The topological polar surface area (TPSA) is 90.6 Å². The van der Waals surface area contributed by atoms with Crippen molar-refractivity contribution in [2.75, 3.05) is 18.5 Å². The van der Waals surface area contributed by atoms with Crippen LogP contribution < -0.4 is 14.8 Å². The molecule has 11 heteroatoms. The number of anilines is 1.